The lowest BCUT2D eigenvalue weighted by Crippen LogP contribution is -2.40. The molecule has 6 nitrogen and oxygen atoms in total. The van der Waals surface area contributed by atoms with Gasteiger partial charge in [0.1, 0.15) is 5.60 Å². The van der Waals surface area contributed by atoms with Crippen molar-refractivity contribution in [3.05, 3.63) is 58.3 Å². The molecule has 31 heavy (non-hydrogen) atoms. The number of rotatable bonds is 6. The highest BCUT2D eigenvalue weighted by Gasteiger charge is 2.41. The number of fused-ring (bicyclic) bond motifs is 1. The van der Waals surface area contributed by atoms with Gasteiger partial charge in [-0.1, -0.05) is 49.0 Å². The molecule has 1 aromatic carbocycles. The van der Waals surface area contributed by atoms with E-state index in [9.17, 15) is 9.59 Å². The molecule has 0 bridgehead atoms. The number of carbonyl (C=O) groups excluding carboxylic acids is 2. The Morgan fingerprint density at radius 1 is 1.26 bits per heavy atom. The van der Waals surface area contributed by atoms with E-state index in [0.717, 1.165) is 22.8 Å². The lowest BCUT2D eigenvalue weighted by atomic mass is 9.93. The van der Waals surface area contributed by atoms with Crippen LogP contribution in [-0.2, 0) is 14.3 Å². The predicted molar refractivity (Wildman–Crippen MR) is 125 cm³/mol. The molecule has 0 aliphatic carbocycles. The molecule has 1 amide bonds. The van der Waals surface area contributed by atoms with Crippen LogP contribution in [0.1, 0.15) is 66.0 Å². The van der Waals surface area contributed by atoms with Crippen molar-refractivity contribution in [3.63, 3.8) is 0 Å². The van der Waals surface area contributed by atoms with Crippen LogP contribution in [0, 0.1) is 0 Å². The highest BCUT2D eigenvalue weighted by atomic mass is 32.2. The topological polar surface area (TPSA) is 71.0 Å². The van der Waals surface area contributed by atoms with E-state index in [2.05, 4.69) is 10.3 Å². The SMILES string of the molecule is CC[C@@H](C)NC(=O)CC1=CSC2=NC(C)=C(C(=O)OC(C)(C)C)[C@H](c3ccccc3)N12. The minimum Gasteiger partial charge on any atom is -0.456 e. The van der Waals surface area contributed by atoms with Gasteiger partial charge >= 0.3 is 5.97 Å². The Labute approximate surface area is 188 Å². The molecule has 0 saturated carbocycles. The van der Waals surface area contributed by atoms with Crippen molar-refractivity contribution in [2.45, 2.75) is 72.1 Å². The minimum atomic E-state index is -0.621. The number of amidine groups is 1. The molecule has 0 radical (unpaired) electrons. The summed E-state index contributed by atoms with van der Waals surface area (Å²) in [5.74, 6) is -0.429. The predicted octanol–water partition coefficient (Wildman–Crippen LogP) is 4.91. The van der Waals surface area contributed by atoms with E-state index in [0.29, 0.717) is 11.3 Å². The number of hydrogen-bond acceptors (Lipinski definition) is 6. The summed E-state index contributed by atoms with van der Waals surface area (Å²) in [6.07, 6.45) is 1.09. The Hall–Kier alpha value is -2.54. The van der Waals surface area contributed by atoms with Gasteiger partial charge in [0.05, 0.1) is 23.7 Å². The molecule has 2 aliphatic rings. The zero-order chi connectivity index (χ0) is 22.8. The minimum absolute atomic E-state index is 0.0423. The van der Waals surface area contributed by atoms with Gasteiger partial charge in [-0.05, 0) is 52.0 Å². The second kappa shape index (κ2) is 9.30. The lowest BCUT2D eigenvalue weighted by Gasteiger charge is -2.37. The molecule has 2 atom stereocenters. The summed E-state index contributed by atoms with van der Waals surface area (Å²) in [4.78, 5) is 32.5. The number of amides is 1. The fourth-order valence-corrected chi connectivity index (χ4v) is 4.47. The van der Waals surface area contributed by atoms with Crippen molar-refractivity contribution in [1.29, 1.82) is 0 Å². The van der Waals surface area contributed by atoms with Crippen LogP contribution >= 0.6 is 11.8 Å². The number of nitrogens with one attached hydrogen (secondary N) is 1. The molecule has 7 heteroatoms. The average Bonchev–Trinajstić information content (AvgIpc) is 3.07. The van der Waals surface area contributed by atoms with Gasteiger partial charge in [0.25, 0.3) is 0 Å². The smallest absolute Gasteiger partial charge is 0.338 e. The van der Waals surface area contributed by atoms with Crippen LogP contribution in [-0.4, -0.2) is 33.6 Å². The first-order chi connectivity index (χ1) is 14.6. The summed E-state index contributed by atoms with van der Waals surface area (Å²) in [7, 11) is 0. The number of carbonyl (C=O) groups is 2. The Morgan fingerprint density at radius 3 is 2.55 bits per heavy atom. The van der Waals surface area contributed by atoms with E-state index >= 15 is 0 Å². The second-order valence-corrected chi connectivity index (χ2v) is 9.70. The molecule has 1 aromatic rings. The van der Waals surface area contributed by atoms with Crippen LogP contribution in [0.2, 0.25) is 0 Å². The lowest BCUT2D eigenvalue weighted by molar-refractivity contribution is -0.150. The monoisotopic (exact) mass is 441 g/mol. The fourth-order valence-electron chi connectivity index (χ4n) is 3.51. The number of allylic oxidation sites excluding steroid dienone is 1. The van der Waals surface area contributed by atoms with Crippen molar-refractivity contribution in [2.75, 3.05) is 0 Å². The molecule has 0 fully saturated rings. The Morgan fingerprint density at radius 2 is 1.94 bits per heavy atom. The zero-order valence-electron chi connectivity index (χ0n) is 19.1. The Kier molecular flexibility index (Phi) is 6.94. The molecule has 0 saturated heterocycles. The van der Waals surface area contributed by atoms with Crippen LogP contribution in [0.4, 0.5) is 0 Å². The second-order valence-electron chi connectivity index (χ2n) is 8.86. The van der Waals surface area contributed by atoms with E-state index in [-0.39, 0.29) is 24.3 Å². The molecule has 0 unspecified atom stereocenters. The molecular weight excluding hydrogens is 410 g/mol. The van der Waals surface area contributed by atoms with Crippen LogP contribution in [0.3, 0.4) is 0 Å². The van der Waals surface area contributed by atoms with Gasteiger partial charge in [0.15, 0.2) is 5.17 Å². The van der Waals surface area contributed by atoms with Crippen LogP contribution in [0.15, 0.2) is 57.7 Å². The van der Waals surface area contributed by atoms with Gasteiger partial charge in [-0.3, -0.25) is 4.79 Å². The standard InChI is InChI=1S/C24H31N3O3S/c1-7-15(2)25-19(28)13-18-14-31-23-26-16(3)20(22(29)30-24(4,5)6)21(27(18)23)17-11-9-8-10-12-17/h8-12,14-15,21H,7,13H2,1-6H3,(H,25,28)/t15-,21+/m1/s1. The Balaban J connectivity index is 1.99. The molecule has 0 aromatic heterocycles. The third kappa shape index (κ3) is 5.39. The highest BCUT2D eigenvalue weighted by Crippen LogP contribution is 2.45. The number of benzene rings is 1. The van der Waals surface area contributed by atoms with Crippen molar-refractivity contribution in [3.8, 4) is 0 Å². The highest BCUT2D eigenvalue weighted by molar-refractivity contribution is 8.16. The number of esters is 1. The van der Waals surface area contributed by atoms with Crippen molar-refractivity contribution in [2.24, 2.45) is 4.99 Å². The van der Waals surface area contributed by atoms with Gasteiger partial charge < -0.3 is 15.0 Å². The third-order valence-corrected chi connectivity index (χ3v) is 5.98. The first-order valence-corrected chi connectivity index (χ1v) is 11.5. The van der Waals surface area contributed by atoms with E-state index in [1.165, 1.54) is 11.8 Å². The van der Waals surface area contributed by atoms with Gasteiger partial charge in [0, 0.05) is 11.7 Å². The van der Waals surface area contributed by atoms with Crippen LogP contribution < -0.4 is 5.32 Å². The summed E-state index contributed by atoms with van der Waals surface area (Å²) >= 11 is 1.48. The number of thioether (sulfide) groups is 1. The maximum atomic E-state index is 13.2. The summed E-state index contributed by atoms with van der Waals surface area (Å²) in [6, 6.07) is 9.54. The number of aliphatic imine (C=N–C) groups is 1. The summed E-state index contributed by atoms with van der Waals surface area (Å²) in [5.41, 5.74) is 2.29. The third-order valence-electron chi connectivity index (χ3n) is 5.10. The molecule has 3 rings (SSSR count). The molecule has 2 aliphatic heterocycles. The van der Waals surface area contributed by atoms with Gasteiger partial charge in [-0.15, -0.1) is 0 Å². The summed E-state index contributed by atoms with van der Waals surface area (Å²) in [5, 5.41) is 5.74. The van der Waals surface area contributed by atoms with Crippen molar-refractivity contribution in [1.82, 2.24) is 10.2 Å². The molecular formula is C24H31N3O3S. The summed E-state index contributed by atoms with van der Waals surface area (Å²) < 4.78 is 5.73. The van der Waals surface area contributed by atoms with Gasteiger partial charge in [-0.25, -0.2) is 9.79 Å². The largest absolute Gasteiger partial charge is 0.456 e. The number of nitrogens with zero attached hydrogens (tertiary/aromatic N) is 2. The molecule has 1 N–H and O–H groups in total. The quantitative estimate of drug-likeness (QED) is 0.635. The summed E-state index contributed by atoms with van der Waals surface area (Å²) in [6.45, 7) is 11.4. The number of hydrogen-bond donors (Lipinski definition) is 1. The maximum Gasteiger partial charge on any atom is 0.338 e. The fraction of sp³-hybridized carbons (Fsp3) is 0.458. The first kappa shape index (κ1) is 23.1. The molecule has 2 heterocycles. The van der Waals surface area contributed by atoms with Crippen molar-refractivity contribution >= 4 is 28.8 Å². The van der Waals surface area contributed by atoms with E-state index in [1.54, 1.807) is 0 Å². The normalized spacial score (nSPS) is 19.4. The zero-order valence-corrected chi connectivity index (χ0v) is 19.9. The van der Waals surface area contributed by atoms with Crippen molar-refractivity contribution < 1.29 is 14.3 Å². The van der Waals surface area contributed by atoms with Crippen LogP contribution in [0.25, 0.3) is 0 Å². The average molecular weight is 442 g/mol. The van der Waals surface area contributed by atoms with Gasteiger partial charge in [0.2, 0.25) is 5.91 Å². The van der Waals surface area contributed by atoms with E-state index in [4.69, 9.17) is 4.74 Å². The first-order valence-electron chi connectivity index (χ1n) is 10.6. The van der Waals surface area contributed by atoms with Crippen LogP contribution in [0.5, 0.6) is 0 Å². The van der Waals surface area contributed by atoms with E-state index < -0.39 is 11.6 Å². The number of ether oxygens (including phenoxy) is 1. The molecule has 0 spiro atoms. The van der Waals surface area contributed by atoms with E-state index in [1.807, 2.05) is 82.2 Å². The Bertz CT molecular complexity index is 945. The van der Waals surface area contributed by atoms with Gasteiger partial charge in [-0.2, -0.15) is 0 Å². The molecule has 166 valence electrons. The maximum absolute atomic E-state index is 13.2.